The summed E-state index contributed by atoms with van der Waals surface area (Å²) in [7, 11) is 1.58. The van der Waals surface area contributed by atoms with E-state index < -0.39 is 0 Å². The van der Waals surface area contributed by atoms with Crippen LogP contribution in [0.15, 0.2) is 24.8 Å². The highest BCUT2D eigenvalue weighted by Gasteiger charge is 2.06. The molecule has 3 heteroatoms. The van der Waals surface area contributed by atoms with Crippen molar-refractivity contribution in [3.63, 3.8) is 0 Å². The summed E-state index contributed by atoms with van der Waals surface area (Å²) >= 11 is 0. The zero-order chi connectivity index (χ0) is 11.3. The molecule has 78 valence electrons. The first-order valence-electron chi connectivity index (χ1n) is 4.63. The monoisotopic (exact) mass is 203 g/mol. The summed E-state index contributed by atoms with van der Waals surface area (Å²) in [6.45, 7) is 6.09. The maximum atomic E-state index is 8.71. The first-order valence-corrected chi connectivity index (χ1v) is 4.63. The lowest BCUT2D eigenvalue weighted by Crippen LogP contribution is -1.96. The number of nitrogens with zero attached hydrogens (tertiary/aromatic N) is 1. The summed E-state index contributed by atoms with van der Waals surface area (Å²) in [5.74, 6) is 1.29. The third-order valence-corrected chi connectivity index (χ3v) is 1.95. The highest BCUT2D eigenvalue weighted by atomic mass is 16.5. The Kier molecular flexibility index (Phi) is 3.75. The predicted octanol–water partition coefficient (Wildman–Crippen LogP) is 2.63. The molecule has 0 atom stereocenters. The molecule has 1 aromatic rings. The van der Waals surface area contributed by atoms with Crippen molar-refractivity contribution in [1.29, 1.82) is 5.26 Å². The molecule has 0 saturated carbocycles. The van der Waals surface area contributed by atoms with Crippen LogP contribution in [0.3, 0.4) is 0 Å². The number of methoxy groups -OCH3 is 1. The first kappa shape index (κ1) is 11.1. The van der Waals surface area contributed by atoms with Gasteiger partial charge in [-0.3, -0.25) is 0 Å². The molecular formula is C12H13NO2. The number of rotatable bonds is 4. The van der Waals surface area contributed by atoms with Crippen LogP contribution in [0.2, 0.25) is 0 Å². The first-order chi connectivity index (χ1) is 7.22. The summed E-state index contributed by atoms with van der Waals surface area (Å²) in [4.78, 5) is 0. The molecule has 0 heterocycles. The van der Waals surface area contributed by atoms with Gasteiger partial charge in [-0.25, -0.2) is 0 Å². The van der Waals surface area contributed by atoms with Gasteiger partial charge in [0.15, 0.2) is 11.5 Å². The van der Waals surface area contributed by atoms with Crippen molar-refractivity contribution in [3.05, 3.63) is 30.3 Å². The lowest BCUT2D eigenvalue weighted by Gasteiger charge is -2.10. The summed E-state index contributed by atoms with van der Waals surface area (Å²) in [6, 6.07) is 7.31. The van der Waals surface area contributed by atoms with Gasteiger partial charge in [-0.05, 0) is 30.7 Å². The van der Waals surface area contributed by atoms with Crippen LogP contribution in [-0.4, -0.2) is 13.7 Å². The van der Waals surface area contributed by atoms with Gasteiger partial charge in [-0.1, -0.05) is 6.58 Å². The third-order valence-electron chi connectivity index (χ3n) is 1.95. The van der Waals surface area contributed by atoms with Crippen molar-refractivity contribution in [3.8, 4) is 17.6 Å². The highest BCUT2D eigenvalue weighted by Crippen LogP contribution is 2.30. The predicted molar refractivity (Wildman–Crippen MR) is 58.8 cm³/mol. The fourth-order valence-electron chi connectivity index (χ4n) is 1.20. The SMILES string of the molecule is C=C(C#N)c1ccc(OC)c(OCC)c1. The van der Waals surface area contributed by atoms with E-state index in [0.29, 0.717) is 23.7 Å². The van der Waals surface area contributed by atoms with Crippen LogP contribution < -0.4 is 9.47 Å². The van der Waals surface area contributed by atoms with Crippen molar-refractivity contribution in [1.82, 2.24) is 0 Å². The molecule has 15 heavy (non-hydrogen) atoms. The summed E-state index contributed by atoms with van der Waals surface area (Å²) in [5.41, 5.74) is 1.17. The van der Waals surface area contributed by atoms with E-state index in [1.807, 2.05) is 13.0 Å². The Bertz CT molecular complexity index is 405. The van der Waals surface area contributed by atoms with Crippen LogP contribution in [0.1, 0.15) is 12.5 Å². The quantitative estimate of drug-likeness (QED) is 0.706. The van der Waals surface area contributed by atoms with Crippen molar-refractivity contribution in [2.24, 2.45) is 0 Å². The van der Waals surface area contributed by atoms with Crippen LogP contribution in [-0.2, 0) is 0 Å². The molecule has 0 radical (unpaired) electrons. The molecule has 0 aromatic heterocycles. The zero-order valence-electron chi connectivity index (χ0n) is 8.91. The maximum Gasteiger partial charge on any atom is 0.161 e. The van der Waals surface area contributed by atoms with E-state index in [0.717, 1.165) is 5.56 Å². The van der Waals surface area contributed by atoms with Crippen molar-refractivity contribution < 1.29 is 9.47 Å². The number of allylic oxidation sites excluding steroid dienone is 1. The molecule has 1 aromatic carbocycles. The van der Waals surface area contributed by atoms with Gasteiger partial charge in [-0.15, -0.1) is 0 Å². The zero-order valence-corrected chi connectivity index (χ0v) is 8.91. The molecule has 0 bridgehead atoms. The molecule has 3 nitrogen and oxygen atoms in total. The second-order valence-corrected chi connectivity index (χ2v) is 2.89. The minimum Gasteiger partial charge on any atom is -0.493 e. The minimum absolute atomic E-state index is 0.415. The number of ether oxygens (including phenoxy) is 2. The van der Waals surface area contributed by atoms with E-state index >= 15 is 0 Å². The Balaban J connectivity index is 3.11. The van der Waals surface area contributed by atoms with Crippen molar-refractivity contribution >= 4 is 5.57 Å². The van der Waals surface area contributed by atoms with Gasteiger partial charge in [0.25, 0.3) is 0 Å². The number of nitriles is 1. The second kappa shape index (κ2) is 5.06. The standard InChI is InChI=1S/C12H13NO2/c1-4-15-12-7-10(9(2)8-13)5-6-11(12)14-3/h5-7H,2,4H2,1,3H3. The second-order valence-electron chi connectivity index (χ2n) is 2.89. The van der Waals surface area contributed by atoms with E-state index in [1.54, 1.807) is 25.3 Å². The molecule has 0 fully saturated rings. The lowest BCUT2D eigenvalue weighted by atomic mass is 10.1. The van der Waals surface area contributed by atoms with Crippen LogP contribution in [0, 0.1) is 11.3 Å². The van der Waals surface area contributed by atoms with Gasteiger partial charge in [0.1, 0.15) is 0 Å². The number of hydrogen-bond donors (Lipinski definition) is 0. The molecule has 1 rings (SSSR count). The Morgan fingerprint density at radius 1 is 1.47 bits per heavy atom. The van der Waals surface area contributed by atoms with E-state index in [9.17, 15) is 0 Å². The summed E-state index contributed by atoms with van der Waals surface area (Å²) in [5, 5.41) is 8.71. The molecule has 0 aliphatic rings. The summed E-state index contributed by atoms with van der Waals surface area (Å²) in [6.07, 6.45) is 0. The molecule has 0 aliphatic carbocycles. The largest absolute Gasteiger partial charge is 0.493 e. The average molecular weight is 203 g/mol. The number of benzene rings is 1. The van der Waals surface area contributed by atoms with Crippen LogP contribution in [0.4, 0.5) is 0 Å². The minimum atomic E-state index is 0.415. The topological polar surface area (TPSA) is 42.2 Å². The van der Waals surface area contributed by atoms with Gasteiger partial charge < -0.3 is 9.47 Å². The van der Waals surface area contributed by atoms with Crippen LogP contribution in [0.5, 0.6) is 11.5 Å². The smallest absolute Gasteiger partial charge is 0.161 e. The average Bonchev–Trinajstić information content (AvgIpc) is 2.28. The van der Waals surface area contributed by atoms with E-state index in [-0.39, 0.29) is 0 Å². The molecule has 0 aliphatic heterocycles. The third kappa shape index (κ3) is 2.50. The lowest BCUT2D eigenvalue weighted by molar-refractivity contribution is 0.311. The van der Waals surface area contributed by atoms with Gasteiger partial charge in [0, 0.05) is 0 Å². The van der Waals surface area contributed by atoms with E-state index in [2.05, 4.69) is 6.58 Å². The number of hydrogen-bond acceptors (Lipinski definition) is 3. The Hall–Kier alpha value is -1.95. The molecule has 0 saturated heterocycles. The van der Waals surface area contributed by atoms with Gasteiger partial charge in [0.05, 0.1) is 25.4 Å². The normalized spacial score (nSPS) is 9.13. The molecule has 0 unspecified atom stereocenters. The van der Waals surface area contributed by atoms with Gasteiger partial charge in [-0.2, -0.15) is 5.26 Å². The fourth-order valence-corrected chi connectivity index (χ4v) is 1.20. The molecular weight excluding hydrogens is 190 g/mol. The summed E-state index contributed by atoms with van der Waals surface area (Å²) < 4.78 is 10.5. The Labute approximate surface area is 89.6 Å². The maximum absolute atomic E-state index is 8.71. The van der Waals surface area contributed by atoms with E-state index in [1.165, 1.54) is 0 Å². The molecule has 0 amide bonds. The van der Waals surface area contributed by atoms with Gasteiger partial charge in [0.2, 0.25) is 0 Å². The Morgan fingerprint density at radius 2 is 2.20 bits per heavy atom. The van der Waals surface area contributed by atoms with Crippen molar-refractivity contribution in [2.75, 3.05) is 13.7 Å². The molecule has 0 N–H and O–H groups in total. The van der Waals surface area contributed by atoms with Gasteiger partial charge >= 0.3 is 0 Å². The highest BCUT2D eigenvalue weighted by molar-refractivity contribution is 5.76. The van der Waals surface area contributed by atoms with Crippen LogP contribution >= 0.6 is 0 Å². The van der Waals surface area contributed by atoms with E-state index in [4.69, 9.17) is 14.7 Å². The van der Waals surface area contributed by atoms with Crippen LogP contribution in [0.25, 0.3) is 5.57 Å². The van der Waals surface area contributed by atoms with Crippen molar-refractivity contribution in [2.45, 2.75) is 6.92 Å². The Morgan fingerprint density at radius 3 is 2.73 bits per heavy atom. The fraction of sp³-hybridized carbons (Fsp3) is 0.250. The molecule has 0 spiro atoms.